The van der Waals surface area contributed by atoms with E-state index in [2.05, 4.69) is 10.2 Å². The fourth-order valence-corrected chi connectivity index (χ4v) is 1.29. The highest BCUT2D eigenvalue weighted by Crippen LogP contribution is 2.12. The van der Waals surface area contributed by atoms with Crippen LogP contribution in [0.4, 0.5) is 5.82 Å². The van der Waals surface area contributed by atoms with E-state index in [4.69, 9.17) is 5.26 Å². The first-order valence-electron chi connectivity index (χ1n) is 4.62. The van der Waals surface area contributed by atoms with Crippen molar-refractivity contribution in [3.63, 3.8) is 0 Å². The molecule has 2 aromatic rings. The summed E-state index contributed by atoms with van der Waals surface area (Å²) >= 11 is 0. The minimum Gasteiger partial charge on any atom is -0.284 e. The standard InChI is InChI=1S/C11H8N4O/c12-8-15(10-6-7-13-14-10)11(16)9-4-2-1-3-5-9/h1-7H,(H,13,14). The summed E-state index contributed by atoms with van der Waals surface area (Å²) < 4.78 is 0. The Balaban J connectivity index is 2.31. The summed E-state index contributed by atoms with van der Waals surface area (Å²) in [5.74, 6) is -0.105. The number of rotatable bonds is 2. The normalized spacial score (nSPS) is 9.44. The molecule has 0 saturated carbocycles. The molecule has 5 heteroatoms. The van der Waals surface area contributed by atoms with E-state index in [1.165, 1.54) is 0 Å². The van der Waals surface area contributed by atoms with E-state index in [1.54, 1.807) is 42.7 Å². The van der Waals surface area contributed by atoms with Crippen molar-refractivity contribution in [1.82, 2.24) is 10.2 Å². The molecule has 0 spiro atoms. The van der Waals surface area contributed by atoms with Gasteiger partial charge in [0.2, 0.25) is 0 Å². The van der Waals surface area contributed by atoms with Gasteiger partial charge in [-0.1, -0.05) is 18.2 Å². The van der Waals surface area contributed by atoms with Crippen LogP contribution in [0.3, 0.4) is 0 Å². The molecule has 0 atom stereocenters. The van der Waals surface area contributed by atoms with E-state index in [1.807, 2.05) is 6.07 Å². The SMILES string of the molecule is N#CN(C(=O)c1ccccc1)c1cc[nH]n1. The third-order valence-electron chi connectivity index (χ3n) is 2.04. The van der Waals surface area contributed by atoms with Gasteiger partial charge in [0, 0.05) is 17.8 Å². The van der Waals surface area contributed by atoms with Crippen molar-refractivity contribution in [2.45, 2.75) is 0 Å². The summed E-state index contributed by atoms with van der Waals surface area (Å²) in [6, 6.07) is 10.2. The predicted molar refractivity (Wildman–Crippen MR) is 57.5 cm³/mol. The number of aromatic nitrogens is 2. The Morgan fingerprint density at radius 2 is 2.06 bits per heavy atom. The van der Waals surface area contributed by atoms with Gasteiger partial charge in [-0.25, -0.2) is 0 Å². The number of hydrogen-bond acceptors (Lipinski definition) is 3. The molecule has 1 aromatic carbocycles. The summed E-state index contributed by atoms with van der Waals surface area (Å²) in [5.41, 5.74) is 0.451. The van der Waals surface area contributed by atoms with Crippen LogP contribution in [0, 0.1) is 11.5 Å². The van der Waals surface area contributed by atoms with Crippen LogP contribution in [0.25, 0.3) is 0 Å². The molecule has 1 N–H and O–H groups in total. The quantitative estimate of drug-likeness (QED) is 0.606. The number of H-pyrrole nitrogens is 1. The molecule has 0 aliphatic carbocycles. The number of amides is 1. The molecule has 1 heterocycles. The van der Waals surface area contributed by atoms with Gasteiger partial charge in [-0.2, -0.15) is 15.3 Å². The number of nitrogens with zero attached hydrogens (tertiary/aromatic N) is 3. The zero-order chi connectivity index (χ0) is 11.4. The zero-order valence-corrected chi connectivity index (χ0v) is 8.29. The molecular formula is C11H8N4O. The van der Waals surface area contributed by atoms with Crippen LogP contribution in [0.5, 0.6) is 0 Å². The lowest BCUT2D eigenvalue weighted by Gasteiger charge is -2.09. The minimum atomic E-state index is -0.393. The summed E-state index contributed by atoms with van der Waals surface area (Å²) in [5, 5.41) is 15.3. The van der Waals surface area contributed by atoms with Crippen LogP contribution in [0.1, 0.15) is 10.4 Å². The van der Waals surface area contributed by atoms with E-state index >= 15 is 0 Å². The third-order valence-corrected chi connectivity index (χ3v) is 2.04. The van der Waals surface area contributed by atoms with Crippen LogP contribution < -0.4 is 4.90 Å². The smallest absolute Gasteiger partial charge is 0.272 e. The lowest BCUT2D eigenvalue weighted by Crippen LogP contribution is -2.25. The number of carbonyl (C=O) groups excluding carboxylic acids is 1. The zero-order valence-electron chi connectivity index (χ0n) is 8.29. The molecule has 0 bridgehead atoms. The van der Waals surface area contributed by atoms with Gasteiger partial charge in [0.05, 0.1) is 0 Å². The maximum absolute atomic E-state index is 11.9. The highest BCUT2D eigenvalue weighted by atomic mass is 16.2. The Bertz CT molecular complexity index is 513. The summed E-state index contributed by atoms with van der Waals surface area (Å²) in [6.07, 6.45) is 3.36. The van der Waals surface area contributed by atoms with Gasteiger partial charge in [0.15, 0.2) is 12.0 Å². The predicted octanol–water partition coefficient (Wildman–Crippen LogP) is 1.54. The van der Waals surface area contributed by atoms with E-state index in [0.29, 0.717) is 5.56 Å². The molecule has 1 aromatic heterocycles. The van der Waals surface area contributed by atoms with Crippen molar-refractivity contribution in [3.8, 4) is 6.19 Å². The monoisotopic (exact) mass is 212 g/mol. The van der Waals surface area contributed by atoms with Crippen molar-refractivity contribution in [2.24, 2.45) is 0 Å². The van der Waals surface area contributed by atoms with E-state index < -0.39 is 5.91 Å². The molecule has 2 rings (SSSR count). The number of hydrogen-bond donors (Lipinski definition) is 1. The first-order chi connectivity index (χ1) is 7.83. The number of nitriles is 1. The Labute approximate surface area is 91.9 Å². The molecule has 5 nitrogen and oxygen atoms in total. The van der Waals surface area contributed by atoms with Gasteiger partial charge in [-0.05, 0) is 12.1 Å². The van der Waals surface area contributed by atoms with E-state index in [-0.39, 0.29) is 5.82 Å². The topological polar surface area (TPSA) is 72.8 Å². The molecule has 0 unspecified atom stereocenters. The van der Waals surface area contributed by atoms with Gasteiger partial charge < -0.3 is 0 Å². The summed E-state index contributed by atoms with van der Waals surface area (Å²) in [7, 11) is 0. The lowest BCUT2D eigenvalue weighted by atomic mass is 10.2. The molecule has 1 amide bonds. The Morgan fingerprint density at radius 1 is 1.31 bits per heavy atom. The first-order valence-corrected chi connectivity index (χ1v) is 4.62. The molecule has 0 saturated heterocycles. The average Bonchev–Trinajstić information content (AvgIpc) is 2.85. The number of anilines is 1. The second-order valence-electron chi connectivity index (χ2n) is 3.04. The van der Waals surface area contributed by atoms with Gasteiger partial charge in [0.1, 0.15) is 0 Å². The fourth-order valence-electron chi connectivity index (χ4n) is 1.29. The van der Waals surface area contributed by atoms with Crippen LogP contribution in [0.2, 0.25) is 0 Å². The van der Waals surface area contributed by atoms with Crippen molar-refractivity contribution in [3.05, 3.63) is 48.2 Å². The highest BCUT2D eigenvalue weighted by Gasteiger charge is 2.18. The Morgan fingerprint density at radius 3 is 2.62 bits per heavy atom. The van der Waals surface area contributed by atoms with Crippen LogP contribution >= 0.6 is 0 Å². The Hall–Kier alpha value is -2.61. The third kappa shape index (κ3) is 1.77. The van der Waals surface area contributed by atoms with Gasteiger partial charge in [0.25, 0.3) is 5.91 Å². The molecular weight excluding hydrogens is 204 g/mol. The van der Waals surface area contributed by atoms with Crippen LogP contribution in [0.15, 0.2) is 42.6 Å². The first kappa shape index (κ1) is 9.93. The second kappa shape index (κ2) is 4.28. The fraction of sp³-hybridized carbons (Fsp3) is 0. The largest absolute Gasteiger partial charge is 0.284 e. The number of benzene rings is 1. The lowest BCUT2D eigenvalue weighted by molar-refractivity contribution is 0.0999. The average molecular weight is 212 g/mol. The van der Waals surface area contributed by atoms with Gasteiger partial charge >= 0.3 is 0 Å². The Kier molecular flexibility index (Phi) is 2.65. The van der Waals surface area contributed by atoms with Gasteiger partial charge in [-0.15, -0.1) is 0 Å². The van der Waals surface area contributed by atoms with Crippen molar-refractivity contribution < 1.29 is 4.79 Å². The van der Waals surface area contributed by atoms with E-state index in [0.717, 1.165) is 4.90 Å². The number of aromatic amines is 1. The molecule has 0 aliphatic rings. The molecule has 16 heavy (non-hydrogen) atoms. The maximum Gasteiger partial charge on any atom is 0.272 e. The van der Waals surface area contributed by atoms with Gasteiger partial charge in [-0.3, -0.25) is 9.89 Å². The second-order valence-corrected chi connectivity index (χ2v) is 3.04. The maximum atomic E-state index is 11.9. The molecule has 78 valence electrons. The number of carbonyl (C=O) groups is 1. The summed E-state index contributed by atoms with van der Waals surface area (Å²) in [6.45, 7) is 0. The van der Waals surface area contributed by atoms with Crippen molar-refractivity contribution >= 4 is 11.7 Å². The highest BCUT2D eigenvalue weighted by molar-refractivity contribution is 6.07. The molecule has 0 fully saturated rings. The van der Waals surface area contributed by atoms with Crippen LogP contribution in [-0.4, -0.2) is 16.1 Å². The van der Waals surface area contributed by atoms with Crippen molar-refractivity contribution in [1.29, 1.82) is 5.26 Å². The minimum absolute atomic E-state index is 0.288. The molecule has 0 radical (unpaired) electrons. The summed E-state index contributed by atoms with van der Waals surface area (Å²) in [4.78, 5) is 12.9. The van der Waals surface area contributed by atoms with Crippen molar-refractivity contribution in [2.75, 3.05) is 4.90 Å². The number of nitrogens with one attached hydrogen (secondary N) is 1. The van der Waals surface area contributed by atoms with E-state index in [9.17, 15) is 4.79 Å². The molecule has 0 aliphatic heterocycles. The van der Waals surface area contributed by atoms with Crippen LogP contribution in [-0.2, 0) is 0 Å².